The lowest BCUT2D eigenvalue weighted by atomic mass is 10.1. The third-order valence-electron chi connectivity index (χ3n) is 9.54. The minimum atomic E-state index is -0.0582. The van der Waals surface area contributed by atoms with Crippen molar-refractivity contribution in [3.63, 3.8) is 0 Å². The molecule has 4 fully saturated rings. The fourth-order valence-electron chi connectivity index (χ4n) is 7.11. The number of aromatic amines is 2. The zero-order valence-corrected chi connectivity index (χ0v) is 25.8. The van der Waals surface area contributed by atoms with Crippen LogP contribution in [0.2, 0.25) is 0 Å². The van der Waals surface area contributed by atoms with Gasteiger partial charge in [-0.05, 0) is 62.1 Å². The van der Waals surface area contributed by atoms with Gasteiger partial charge in [-0.15, -0.1) is 0 Å². The molecule has 2 atom stereocenters. The van der Waals surface area contributed by atoms with E-state index in [9.17, 15) is 9.59 Å². The summed E-state index contributed by atoms with van der Waals surface area (Å²) >= 11 is 0. The first-order valence-electron chi connectivity index (χ1n) is 16.4. The van der Waals surface area contributed by atoms with E-state index in [1.165, 1.54) is 0 Å². The lowest BCUT2D eigenvalue weighted by molar-refractivity contribution is 0.0419. The van der Waals surface area contributed by atoms with Crippen LogP contribution in [0.15, 0.2) is 36.4 Å². The number of carbonyl (C=O) groups is 2. The van der Waals surface area contributed by atoms with Gasteiger partial charge in [-0.25, -0.2) is 19.6 Å². The number of fused-ring (bicyclic) bond motifs is 2. The van der Waals surface area contributed by atoms with Crippen molar-refractivity contribution in [2.24, 2.45) is 0 Å². The van der Waals surface area contributed by atoms with E-state index in [4.69, 9.17) is 19.4 Å². The SMILES string of the molecule is O=C(N1CCOCC1)N1CCC[C@H]1c1nc2ccc(C#Cc3ccc4nc([C@@H]5CCCN5C(=O)N5CCOCC5)[nH]c4c3)cc2[nH]1. The number of imidazole rings is 2. The molecule has 0 spiro atoms. The number of rotatable bonds is 2. The summed E-state index contributed by atoms with van der Waals surface area (Å²) in [5, 5.41) is 0. The Kier molecular flexibility index (Phi) is 7.71. The molecular formula is C34H38N8O4. The van der Waals surface area contributed by atoms with Crippen molar-refractivity contribution in [2.75, 3.05) is 65.7 Å². The van der Waals surface area contributed by atoms with Gasteiger partial charge in [0, 0.05) is 50.4 Å². The first-order chi connectivity index (χ1) is 22.6. The maximum Gasteiger partial charge on any atom is 0.320 e. The first kappa shape index (κ1) is 28.8. The average Bonchev–Trinajstić information content (AvgIpc) is 3.92. The number of nitrogens with one attached hydrogen (secondary N) is 2. The van der Waals surface area contributed by atoms with Crippen LogP contribution in [0.1, 0.15) is 60.5 Å². The Balaban J connectivity index is 0.980. The number of ether oxygens (including phenoxy) is 2. The van der Waals surface area contributed by atoms with E-state index < -0.39 is 0 Å². The van der Waals surface area contributed by atoms with Gasteiger partial charge in [-0.3, -0.25) is 0 Å². The summed E-state index contributed by atoms with van der Waals surface area (Å²) in [6, 6.07) is 12.0. The molecule has 4 aliphatic heterocycles. The molecule has 4 aliphatic rings. The van der Waals surface area contributed by atoms with Crippen LogP contribution in [0.3, 0.4) is 0 Å². The van der Waals surface area contributed by atoms with E-state index in [2.05, 4.69) is 21.8 Å². The number of amides is 4. The summed E-state index contributed by atoms with van der Waals surface area (Å²) in [6.07, 6.45) is 3.71. The number of carbonyl (C=O) groups excluding carboxylic acids is 2. The molecule has 0 radical (unpaired) electrons. The third-order valence-corrected chi connectivity index (χ3v) is 9.54. The Morgan fingerprint density at radius 3 is 1.52 bits per heavy atom. The van der Waals surface area contributed by atoms with Crippen LogP contribution in [-0.2, 0) is 9.47 Å². The fourth-order valence-corrected chi connectivity index (χ4v) is 7.11. The predicted molar refractivity (Wildman–Crippen MR) is 171 cm³/mol. The maximum absolute atomic E-state index is 13.2. The largest absolute Gasteiger partial charge is 0.378 e. The molecule has 4 aromatic rings. The summed E-state index contributed by atoms with van der Waals surface area (Å²) in [5.41, 5.74) is 5.31. The van der Waals surface area contributed by atoms with E-state index in [-0.39, 0.29) is 24.1 Å². The maximum atomic E-state index is 13.2. The van der Waals surface area contributed by atoms with Crippen molar-refractivity contribution < 1.29 is 19.1 Å². The van der Waals surface area contributed by atoms with Crippen molar-refractivity contribution in [2.45, 2.75) is 37.8 Å². The minimum Gasteiger partial charge on any atom is -0.378 e. The summed E-state index contributed by atoms with van der Waals surface area (Å²) in [7, 11) is 0. The highest BCUT2D eigenvalue weighted by molar-refractivity contribution is 5.80. The number of hydrogen-bond acceptors (Lipinski definition) is 6. The van der Waals surface area contributed by atoms with Gasteiger partial charge in [0.1, 0.15) is 11.6 Å². The van der Waals surface area contributed by atoms with E-state index >= 15 is 0 Å². The van der Waals surface area contributed by atoms with Crippen LogP contribution in [0.4, 0.5) is 9.59 Å². The number of hydrogen-bond donors (Lipinski definition) is 2. The molecular weight excluding hydrogens is 584 g/mol. The molecule has 0 saturated carbocycles. The van der Waals surface area contributed by atoms with Crippen LogP contribution in [0, 0.1) is 11.8 Å². The van der Waals surface area contributed by atoms with Crippen molar-refractivity contribution in [1.29, 1.82) is 0 Å². The molecule has 12 nitrogen and oxygen atoms in total. The second-order valence-corrected chi connectivity index (χ2v) is 12.4. The Hall–Kier alpha value is -4.60. The number of H-pyrrole nitrogens is 2. The standard InChI is InChI=1S/C34H38N8O4/c43-33(39-13-17-45-18-14-39)41-11-1-3-29(41)31-35-25-9-7-23(21-27(25)37-31)5-6-24-8-10-26-28(22-24)38-32(36-26)30-4-2-12-42(30)34(44)40-15-19-46-20-16-40/h7-10,21-22,29-30H,1-4,11-20H2,(H,35,37)(H,36,38)/t29-,30-/m0/s1. The van der Waals surface area contributed by atoms with E-state index in [1.807, 2.05) is 56.0 Å². The number of morpholine rings is 2. The highest BCUT2D eigenvalue weighted by Crippen LogP contribution is 2.34. The molecule has 8 rings (SSSR count). The summed E-state index contributed by atoms with van der Waals surface area (Å²) in [4.78, 5) is 50.8. The Labute approximate surface area is 267 Å². The van der Waals surface area contributed by atoms with Gasteiger partial charge >= 0.3 is 12.1 Å². The summed E-state index contributed by atoms with van der Waals surface area (Å²) < 4.78 is 10.9. The smallest absolute Gasteiger partial charge is 0.320 e. The Bertz CT molecular complexity index is 1700. The van der Waals surface area contributed by atoms with E-state index in [0.717, 1.165) is 83.6 Å². The normalized spacial score (nSPS) is 22.1. The molecule has 2 N–H and O–H groups in total. The monoisotopic (exact) mass is 622 g/mol. The minimum absolute atomic E-state index is 0.0582. The highest BCUT2D eigenvalue weighted by Gasteiger charge is 2.36. The molecule has 4 saturated heterocycles. The molecule has 2 aromatic carbocycles. The van der Waals surface area contributed by atoms with E-state index in [1.54, 1.807) is 0 Å². The van der Waals surface area contributed by atoms with Crippen LogP contribution in [0.5, 0.6) is 0 Å². The zero-order valence-electron chi connectivity index (χ0n) is 25.8. The van der Waals surface area contributed by atoms with Gasteiger partial charge in [0.2, 0.25) is 0 Å². The van der Waals surface area contributed by atoms with Gasteiger partial charge in [0.15, 0.2) is 0 Å². The van der Waals surface area contributed by atoms with Crippen molar-refractivity contribution in [3.05, 3.63) is 59.2 Å². The molecule has 6 heterocycles. The van der Waals surface area contributed by atoms with Gasteiger partial charge in [-0.1, -0.05) is 11.8 Å². The Morgan fingerprint density at radius 1 is 0.652 bits per heavy atom. The van der Waals surface area contributed by atoms with Crippen molar-refractivity contribution >= 4 is 34.1 Å². The molecule has 0 aliphatic carbocycles. The van der Waals surface area contributed by atoms with Crippen molar-refractivity contribution in [1.82, 2.24) is 39.5 Å². The van der Waals surface area contributed by atoms with Gasteiger partial charge < -0.3 is 39.0 Å². The fraction of sp³-hybridized carbons (Fsp3) is 0.471. The molecule has 238 valence electrons. The lowest BCUT2D eigenvalue weighted by Gasteiger charge is -2.33. The second-order valence-electron chi connectivity index (χ2n) is 12.4. The molecule has 12 heteroatoms. The number of urea groups is 2. The van der Waals surface area contributed by atoms with Crippen LogP contribution in [-0.4, -0.2) is 117 Å². The number of aromatic nitrogens is 4. The zero-order chi connectivity index (χ0) is 31.0. The number of nitrogens with zero attached hydrogens (tertiary/aromatic N) is 6. The number of likely N-dealkylation sites (tertiary alicyclic amines) is 2. The van der Waals surface area contributed by atoms with E-state index in [0.29, 0.717) is 52.6 Å². The first-order valence-corrected chi connectivity index (χ1v) is 16.4. The highest BCUT2D eigenvalue weighted by atomic mass is 16.5. The van der Waals surface area contributed by atoms with Crippen LogP contribution in [0.25, 0.3) is 22.1 Å². The molecule has 46 heavy (non-hydrogen) atoms. The van der Waals surface area contributed by atoms with Gasteiger partial charge in [0.05, 0.1) is 60.6 Å². The quantitative estimate of drug-likeness (QED) is 0.326. The van der Waals surface area contributed by atoms with Crippen molar-refractivity contribution in [3.8, 4) is 11.8 Å². The number of benzene rings is 2. The molecule has 0 unspecified atom stereocenters. The van der Waals surface area contributed by atoms with Crippen LogP contribution >= 0.6 is 0 Å². The second kappa shape index (κ2) is 12.3. The molecule has 0 bridgehead atoms. The Morgan fingerprint density at radius 2 is 1.09 bits per heavy atom. The third kappa shape index (κ3) is 5.54. The van der Waals surface area contributed by atoms with Gasteiger partial charge in [0.25, 0.3) is 0 Å². The summed E-state index contributed by atoms with van der Waals surface area (Å²) in [5.74, 6) is 8.26. The predicted octanol–water partition coefficient (Wildman–Crippen LogP) is 4.02. The molecule has 2 aromatic heterocycles. The van der Waals surface area contributed by atoms with Crippen LogP contribution < -0.4 is 0 Å². The average molecular weight is 623 g/mol. The molecule has 4 amide bonds. The summed E-state index contributed by atoms with van der Waals surface area (Å²) in [6.45, 7) is 6.37. The topological polar surface area (TPSA) is 123 Å². The lowest BCUT2D eigenvalue weighted by Crippen LogP contribution is -2.48. The van der Waals surface area contributed by atoms with Gasteiger partial charge in [-0.2, -0.15) is 0 Å².